The zero-order valence-electron chi connectivity index (χ0n) is 16.1. The van der Waals surface area contributed by atoms with Crippen LogP contribution in [0.2, 0.25) is 0 Å². The van der Waals surface area contributed by atoms with Gasteiger partial charge in [-0.15, -0.1) is 0 Å². The number of aromatic nitrogens is 1. The van der Waals surface area contributed by atoms with Crippen molar-refractivity contribution in [1.82, 2.24) is 4.98 Å². The first-order valence-corrected chi connectivity index (χ1v) is 9.76. The van der Waals surface area contributed by atoms with Gasteiger partial charge in [-0.2, -0.15) is 0 Å². The first-order valence-electron chi connectivity index (χ1n) is 8.97. The number of rotatable bonds is 5. The van der Waals surface area contributed by atoms with Crippen molar-refractivity contribution in [2.75, 3.05) is 6.61 Å². The van der Waals surface area contributed by atoms with Crippen molar-refractivity contribution in [3.05, 3.63) is 70.8 Å². The Morgan fingerprint density at radius 1 is 1.00 bits per heavy atom. The number of pyridine rings is 1. The zero-order valence-corrected chi connectivity index (χ0v) is 17.7. The summed E-state index contributed by atoms with van der Waals surface area (Å²) in [7, 11) is 0. The lowest BCUT2D eigenvalue weighted by Gasteiger charge is -2.21. The number of benzene rings is 2. The van der Waals surface area contributed by atoms with Crippen LogP contribution in [0.5, 0.6) is 5.75 Å². The van der Waals surface area contributed by atoms with Gasteiger partial charge >= 0.3 is 5.97 Å². The molecule has 5 heteroatoms. The molecule has 4 nitrogen and oxygen atoms in total. The smallest absolute Gasteiger partial charge is 0.354 e. The Kier molecular flexibility index (Phi) is 5.84. The Labute approximate surface area is 173 Å². The Hall–Kier alpha value is -2.66. The summed E-state index contributed by atoms with van der Waals surface area (Å²) in [6, 6.07) is 18.7. The number of carboxylic acids is 1. The maximum absolute atomic E-state index is 11.3. The minimum absolute atomic E-state index is 0.0192. The lowest BCUT2D eigenvalue weighted by atomic mass is 9.96. The summed E-state index contributed by atoms with van der Waals surface area (Å²) in [5.41, 5.74) is 3.37. The molecular weight excluding hydrogens is 418 g/mol. The van der Waals surface area contributed by atoms with Gasteiger partial charge in [0.05, 0.1) is 12.3 Å². The van der Waals surface area contributed by atoms with E-state index in [1.165, 1.54) is 6.07 Å². The minimum atomic E-state index is -1.05. The van der Waals surface area contributed by atoms with Gasteiger partial charge in [-0.3, -0.25) is 0 Å². The van der Waals surface area contributed by atoms with E-state index >= 15 is 0 Å². The van der Waals surface area contributed by atoms with Gasteiger partial charge in [0.25, 0.3) is 0 Å². The predicted molar refractivity (Wildman–Crippen MR) is 115 cm³/mol. The molecule has 0 aliphatic rings. The lowest BCUT2D eigenvalue weighted by molar-refractivity contribution is 0.0690. The highest BCUT2D eigenvalue weighted by molar-refractivity contribution is 9.10. The first kappa shape index (κ1) is 20.1. The maximum Gasteiger partial charge on any atom is 0.354 e. The molecule has 0 amide bonds. The highest BCUT2D eigenvalue weighted by Crippen LogP contribution is 2.38. The second-order valence-corrected chi connectivity index (χ2v) is 8.66. The molecule has 28 heavy (non-hydrogen) atoms. The van der Waals surface area contributed by atoms with Crippen LogP contribution in [0.1, 0.15) is 31.3 Å². The van der Waals surface area contributed by atoms with Gasteiger partial charge in [-0.1, -0.05) is 67.0 Å². The SMILES string of the molecule is CC(C)(C)COc1ccc(Br)cc1-c1ccccc1-c1cccc(C(=O)O)n1. The highest BCUT2D eigenvalue weighted by atomic mass is 79.9. The zero-order chi connectivity index (χ0) is 20.3. The van der Waals surface area contributed by atoms with E-state index in [9.17, 15) is 9.90 Å². The van der Waals surface area contributed by atoms with Crippen LogP contribution in [0, 0.1) is 5.41 Å². The molecule has 0 aliphatic carbocycles. The van der Waals surface area contributed by atoms with Gasteiger partial charge in [0.1, 0.15) is 11.4 Å². The van der Waals surface area contributed by atoms with Gasteiger partial charge in [0, 0.05) is 15.6 Å². The van der Waals surface area contributed by atoms with Crippen LogP contribution in [-0.4, -0.2) is 22.7 Å². The molecular formula is C23H22BrNO3. The average molecular weight is 440 g/mol. The molecule has 0 fully saturated rings. The molecule has 0 radical (unpaired) electrons. The van der Waals surface area contributed by atoms with Crippen molar-refractivity contribution in [3.63, 3.8) is 0 Å². The molecule has 3 aromatic rings. The summed E-state index contributed by atoms with van der Waals surface area (Å²) in [4.78, 5) is 15.6. The van der Waals surface area contributed by atoms with Crippen molar-refractivity contribution >= 4 is 21.9 Å². The molecule has 1 N–H and O–H groups in total. The fourth-order valence-electron chi connectivity index (χ4n) is 2.78. The Morgan fingerprint density at radius 2 is 1.71 bits per heavy atom. The molecule has 1 heterocycles. The van der Waals surface area contributed by atoms with Crippen molar-refractivity contribution in [3.8, 4) is 28.1 Å². The van der Waals surface area contributed by atoms with Crippen LogP contribution in [-0.2, 0) is 0 Å². The van der Waals surface area contributed by atoms with Crippen LogP contribution in [0.4, 0.5) is 0 Å². The van der Waals surface area contributed by atoms with E-state index in [1.807, 2.05) is 48.5 Å². The molecule has 2 aromatic carbocycles. The molecule has 0 saturated carbocycles. The molecule has 0 bridgehead atoms. The van der Waals surface area contributed by atoms with E-state index in [0.29, 0.717) is 12.3 Å². The molecule has 0 unspecified atom stereocenters. The Balaban J connectivity index is 2.12. The normalized spacial score (nSPS) is 11.3. The van der Waals surface area contributed by atoms with Gasteiger partial charge < -0.3 is 9.84 Å². The van der Waals surface area contributed by atoms with E-state index in [0.717, 1.165) is 26.9 Å². The molecule has 1 aromatic heterocycles. The van der Waals surface area contributed by atoms with Gasteiger partial charge in [0.15, 0.2) is 0 Å². The summed E-state index contributed by atoms with van der Waals surface area (Å²) >= 11 is 3.55. The lowest BCUT2D eigenvalue weighted by Crippen LogP contribution is -2.17. The quantitative estimate of drug-likeness (QED) is 0.506. The van der Waals surface area contributed by atoms with Gasteiger partial charge in [-0.25, -0.2) is 9.78 Å². The third kappa shape index (κ3) is 4.78. The molecule has 0 atom stereocenters. The van der Waals surface area contributed by atoms with Crippen molar-refractivity contribution in [1.29, 1.82) is 0 Å². The molecule has 0 aliphatic heterocycles. The second-order valence-electron chi connectivity index (χ2n) is 7.75. The van der Waals surface area contributed by atoms with Gasteiger partial charge in [-0.05, 0) is 41.3 Å². The Morgan fingerprint density at radius 3 is 2.39 bits per heavy atom. The number of hydrogen-bond donors (Lipinski definition) is 1. The Bertz CT molecular complexity index is 1010. The minimum Gasteiger partial charge on any atom is -0.492 e. The number of carboxylic acid groups (broad SMARTS) is 1. The monoisotopic (exact) mass is 439 g/mol. The number of carbonyl (C=O) groups is 1. The van der Waals surface area contributed by atoms with E-state index in [-0.39, 0.29) is 11.1 Å². The van der Waals surface area contributed by atoms with Crippen LogP contribution in [0.3, 0.4) is 0 Å². The molecule has 0 saturated heterocycles. The third-order valence-corrected chi connectivity index (χ3v) is 4.56. The second kappa shape index (κ2) is 8.15. The number of aromatic carboxylic acids is 1. The largest absolute Gasteiger partial charge is 0.492 e. The summed E-state index contributed by atoms with van der Waals surface area (Å²) < 4.78 is 7.07. The topological polar surface area (TPSA) is 59.4 Å². The molecule has 0 spiro atoms. The number of hydrogen-bond acceptors (Lipinski definition) is 3. The standard InChI is InChI=1S/C23H22BrNO3/c1-23(2,3)14-28-21-12-11-15(24)13-18(21)16-7-4-5-8-17(16)19-9-6-10-20(25-19)22(26)27/h4-13H,14H2,1-3H3,(H,26,27). The van der Waals surface area contributed by atoms with Crippen LogP contribution >= 0.6 is 15.9 Å². The summed E-state index contributed by atoms with van der Waals surface area (Å²) in [5.74, 6) is -0.268. The van der Waals surface area contributed by atoms with Crippen LogP contribution in [0.25, 0.3) is 22.4 Å². The van der Waals surface area contributed by atoms with E-state index in [1.54, 1.807) is 6.07 Å². The third-order valence-electron chi connectivity index (χ3n) is 4.06. The van der Waals surface area contributed by atoms with Crippen LogP contribution in [0.15, 0.2) is 65.1 Å². The fourth-order valence-corrected chi connectivity index (χ4v) is 3.14. The predicted octanol–water partition coefficient (Wildman–Crippen LogP) is 6.30. The van der Waals surface area contributed by atoms with Crippen molar-refractivity contribution in [2.45, 2.75) is 20.8 Å². The number of ether oxygens (including phenoxy) is 1. The maximum atomic E-state index is 11.3. The summed E-state index contributed by atoms with van der Waals surface area (Å²) in [5, 5.41) is 9.28. The van der Waals surface area contributed by atoms with Gasteiger partial charge in [0.2, 0.25) is 0 Å². The van der Waals surface area contributed by atoms with Crippen LogP contribution < -0.4 is 4.74 Å². The average Bonchev–Trinajstić information content (AvgIpc) is 2.66. The van der Waals surface area contributed by atoms with Crippen molar-refractivity contribution < 1.29 is 14.6 Å². The summed E-state index contributed by atoms with van der Waals surface area (Å²) in [6.45, 7) is 6.96. The number of nitrogens with zero attached hydrogens (tertiary/aromatic N) is 1. The number of halogens is 1. The molecule has 144 valence electrons. The van der Waals surface area contributed by atoms with E-state index < -0.39 is 5.97 Å². The fraction of sp³-hybridized carbons (Fsp3) is 0.217. The van der Waals surface area contributed by atoms with E-state index in [2.05, 4.69) is 41.7 Å². The highest BCUT2D eigenvalue weighted by Gasteiger charge is 2.17. The molecule has 3 rings (SSSR count). The van der Waals surface area contributed by atoms with Crippen molar-refractivity contribution in [2.24, 2.45) is 5.41 Å². The first-order chi connectivity index (χ1) is 13.2. The van der Waals surface area contributed by atoms with E-state index in [4.69, 9.17) is 4.74 Å². The summed E-state index contributed by atoms with van der Waals surface area (Å²) in [6.07, 6.45) is 0.